The molecule has 0 unspecified atom stereocenters. The van der Waals surface area contributed by atoms with E-state index >= 15 is 0 Å². The quantitative estimate of drug-likeness (QED) is 0.457. The summed E-state index contributed by atoms with van der Waals surface area (Å²) in [6, 6.07) is 0. The molecule has 2 atom stereocenters. The molecule has 1 rings (SSSR count). The SMILES string of the molecule is CCCC[C@@H]1C/C(=N\O)CC[C@@H]1C(=O)OCC. The van der Waals surface area contributed by atoms with Gasteiger partial charge in [-0.15, -0.1) is 0 Å². The monoisotopic (exact) mass is 241 g/mol. The van der Waals surface area contributed by atoms with Crippen LogP contribution >= 0.6 is 0 Å². The molecular weight excluding hydrogens is 218 g/mol. The van der Waals surface area contributed by atoms with Crippen molar-refractivity contribution in [2.45, 2.75) is 52.4 Å². The Hall–Kier alpha value is -1.06. The van der Waals surface area contributed by atoms with Crippen LogP contribution in [0.2, 0.25) is 0 Å². The van der Waals surface area contributed by atoms with Gasteiger partial charge in [0.1, 0.15) is 0 Å². The molecule has 1 N–H and O–H groups in total. The molecule has 1 saturated carbocycles. The van der Waals surface area contributed by atoms with E-state index in [4.69, 9.17) is 9.94 Å². The van der Waals surface area contributed by atoms with Gasteiger partial charge in [-0.2, -0.15) is 0 Å². The number of rotatable bonds is 5. The predicted octanol–water partition coefficient (Wildman–Crippen LogP) is 2.99. The van der Waals surface area contributed by atoms with Crippen molar-refractivity contribution in [2.75, 3.05) is 6.61 Å². The second kappa shape index (κ2) is 7.30. The first-order valence-electron chi connectivity index (χ1n) is 6.59. The third kappa shape index (κ3) is 4.02. The number of hydrogen-bond donors (Lipinski definition) is 1. The van der Waals surface area contributed by atoms with E-state index in [-0.39, 0.29) is 17.8 Å². The number of nitrogens with zero attached hydrogens (tertiary/aromatic N) is 1. The van der Waals surface area contributed by atoms with E-state index < -0.39 is 0 Å². The van der Waals surface area contributed by atoms with Crippen LogP contribution in [0.4, 0.5) is 0 Å². The molecule has 0 aliphatic heterocycles. The third-order valence-electron chi connectivity index (χ3n) is 3.47. The Balaban J connectivity index is 2.62. The molecule has 0 aromatic rings. The zero-order valence-electron chi connectivity index (χ0n) is 10.8. The summed E-state index contributed by atoms with van der Waals surface area (Å²) in [7, 11) is 0. The Bertz CT molecular complexity index is 276. The van der Waals surface area contributed by atoms with Crippen LogP contribution in [0.1, 0.15) is 52.4 Å². The second-order valence-electron chi connectivity index (χ2n) is 4.67. The molecular formula is C13H23NO3. The zero-order chi connectivity index (χ0) is 12.7. The molecule has 1 fully saturated rings. The van der Waals surface area contributed by atoms with Crippen LogP contribution in [0, 0.1) is 11.8 Å². The summed E-state index contributed by atoms with van der Waals surface area (Å²) in [6.45, 7) is 4.42. The molecule has 0 saturated heterocycles. The molecule has 1 aliphatic carbocycles. The minimum atomic E-state index is -0.0782. The fraction of sp³-hybridized carbons (Fsp3) is 0.846. The summed E-state index contributed by atoms with van der Waals surface area (Å²) in [4.78, 5) is 11.8. The van der Waals surface area contributed by atoms with Crippen LogP contribution in [0.25, 0.3) is 0 Å². The normalized spacial score (nSPS) is 27.1. The number of oxime groups is 1. The minimum Gasteiger partial charge on any atom is -0.466 e. The molecule has 0 spiro atoms. The highest BCUT2D eigenvalue weighted by molar-refractivity contribution is 5.87. The average molecular weight is 241 g/mol. The zero-order valence-corrected chi connectivity index (χ0v) is 10.8. The summed E-state index contributed by atoms with van der Waals surface area (Å²) in [5.41, 5.74) is 0.826. The first-order valence-corrected chi connectivity index (χ1v) is 6.59. The molecule has 4 heteroatoms. The summed E-state index contributed by atoms with van der Waals surface area (Å²) in [6.07, 6.45) is 5.45. The summed E-state index contributed by atoms with van der Waals surface area (Å²) < 4.78 is 5.12. The van der Waals surface area contributed by atoms with Crippen LogP contribution in [-0.2, 0) is 9.53 Å². The summed E-state index contributed by atoms with van der Waals surface area (Å²) >= 11 is 0. The topological polar surface area (TPSA) is 58.9 Å². The van der Waals surface area contributed by atoms with Gasteiger partial charge in [-0.25, -0.2) is 0 Å². The maximum atomic E-state index is 11.8. The van der Waals surface area contributed by atoms with Crippen molar-refractivity contribution in [1.29, 1.82) is 0 Å². The van der Waals surface area contributed by atoms with Gasteiger partial charge in [0.2, 0.25) is 0 Å². The van der Waals surface area contributed by atoms with E-state index in [2.05, 4.69) is 12.1 Å². The predicted molar refractivity (Wildman–Crippen MR) is 66.2 cm³/mol. The molecule has 0 aromatic carbocycles. The van der Waals surface area contributed by atoms with Gasteiger partial charge in [0.05, 0.1) is 18.2 Å². The number of hydrogen-bond acceptors (Lipinski definition) is 4. The third-order valence-corrected chi connectivity index (χ3v) is 3.47. The van der Waals surface area contributed by atoms with Crippen molar-refractivity contribution >= 4 is 11.7 Å². The minimum absolute atomic E-state index is 0.00741. The highest BCUT2D eigenvalue weighted by atomic mass is 16.5. The average Bonchev–Trinajstić information content (AvgIpc) is 2.36. The number of esters is 1. The summed E-state index contributed by atoms with van der Waals surface area (Å²) in [5, 5.41) is 12.1. The molecule has 0 radical (unpaired) electrons. The van der Waals surface area contributed by atoms with Crippen molar-refractivity contribution < 1.29 is 14.7 Å². The Kier molecular flexibility index (Phi) is 6.01. The van der Waals surface area contributed by atoms with E-state index in [0.717, 1.165) is 37.8 Å². The van der Waals surface area contributed by atoms with Crippen molar-refractivity contribution in [1.82, 2.24) is 0 Å². The van der Waals surface area contributed by atoms with Crippen LogP contribution in [0.5, 0.6) is 0 Å². The second-order valence-corrected chi connectivity index (χ2v) is 4.67. The van der Waals surface area contributed by atoms with E-state index in [1.54, 1.807) is 0 Å². The maximum absolute atomic E-state index is 11.8. The van der Waals surface area contributed by atoms with Crippen LogP contribution in [0.15, 0.2) is 5.16 Å². The highest BCUT2D eigenvalue weighted by Gasteiger charge is 2.34. The lowest BCUT2D eigenvalue weighted by Crippen LogP contribution is -2.32. The van der Waals surface area contributed by atoms with Crippen molar-refractivity contribution in [3.63, 3.8) is 0 Å². The first kappa shape index (κ1) is 14.0. The van der Waals surface area contributed by atoms with Gasteiger partial charge in [-0.1, -0.05) is 24.9 Å². The standard InChI is InChI=1S/C13H23NO3/c1-3-5-6-10-9-11(14-16)7-8-12(10)13(15)17-4-2/h10,12,16H,3-9H2,1-2H3/b14-11-/t10-,12+/m1/s1. The molecule has 1 aliphatic rings. The number of carbonyl (C=O) groups is 1. The van der Waals surface area contributed by atoms with E-state index in [0.29, 0.717) is 13.0 Å². The Morgan fingerprint density at radius 3 is 2.88 bits per heavy atom. The number of unbranched alkanes of at least 4 members (excludes halogenated alkanes) is 1. The molecule has 0 aromatic heterocycles. The number of carbonyl (C=O) groups excluding carboxylic acids is 1. The van der Waals surface area contributed by atoms with Gasteiger partial charge in [0.15, 0.2) is 0 Å². The van der Waals surface area contributed by atoms with Crippen molar-refractivity contribution in [3.05, 3.63) is 0 Å². The fourth-order valence-electron chi connectivity index (χ4n) is 2.52. The van der Waals surface area contributed by atoms with Gasteiger partial charge >= 0.3 is 5.97 Å². The van der Waals surface area contributed by atoms with E-state index in [1.807, 2.05) is 6.92 Å². The lowest BCUT2D eigenvalue weighted by Gasteiger charge is -2.30. The fourth-order valence-corrected chi connectivity index (χ4v) is 2.52. The molecule has 98 valence electrons. The smallest absolute Gasteiger partial charge is 0.309 e. The van der Waals surface area contributed by atoms with Gasteiger partial charge in [0, 0.05) is 0 Å². The largest absolute Gasteiger partial charge is 0.466 e. The summed E-state index contributed by atoms with van der Waals surface area (Å²) in [5.74, 6) is 0.200. The highest BCUT2D eigenvalue weighted by Crippen LogP contribution is 2.33. The molecule has 0 heterocycles. The van der Waals surface area contributed by atoms with Gasteiger partial charge in [0.25, 0.3) is 0 Å². The van der Waals surface area contributed by atoms with Gasteiger partial charge in [-0.3, -0.25) is 4.79 Å². The maximum Gasteiger partial charge on any atom is 0.309 e. The van der Waals surface area contributed by atoms with E-state index in [9.17, 15) is 4.79 Å². The Morgan fingerprint density at radius 1 is 1.53 bits per heavy atom. The molecule has 0 bridgehead atoms. The Morgan fingerprint density at radius 2 is 2.29 bits per heavy atom. The van der Waals surface area contributed by atoms with Crippen molar-refractivity contribution in [3.8, 4) is 0 Å². The lowest BCUT2D eigenvalue weighted by atomic mass is 9.76. The van der Waals surface area contributed by atoms with Crippen LogP contribution < -0.4 is 0 Å². The first-order chi connectivity index (χ1) is 8.22. The molecule has 4 nitrogen and oxygen atoms in total. The lowest BCUT2D eigenvalue weighted by molar-refractivity contribution is -0.150. The van der Waals surface area contributed by atoms with Crippen molar-refractivity contribution in [2.24, 2.45) is 17.0 Å². The Labute approximate surface area is 103 Å². The van der Waals surface area contributed by atoms with E-state index in [1.165, 1.54) is 0 Å². The molecule has 0 amide bonds. The van der Waals surface area contributed by atoms with Crippen LogP contribution in [0.3, 0.4) is 0 Å². The van der Waals surface area contributed by atoms with Gasteiger partial charge < -0.3 is 9.94 Å². The van der Waals surface area contributed by atoms with Crippen LogP contribution in [-0.4, -0.2) is 23.5 Å². The van der Waals surface area contributed by atoms with Gasteiger partial charge in [-0.05, 0) is 38.5 Å². The molecule has 17 heavy (non-hydrogen) atoms. The number of ether oxygens (including phenoxy) is 1.